The Kier molecular flexibility index (Phi) is 5.73. The number of hydrogen-bond acceptors (Lipinski definition) is 9. The Morgan fingerprint density at radius 2 is 2.00 bits per heavy atom. The van der Waals surface area contributed by atoms with Crippen molar-refractivity contribution in [2.45, 2.75) is 101 Å². The van der Waals surface area contributed by atoms with Gasteiger partial charge in [0.2, 0.25) is 5.79 Å². The van der Waals surface area contributed by atoms with E-state index in [9.17, 15) is 14.7 Å². The average Bonchev–Trinajstić information content (AvgIpc) is 2.62. The molecule has 0 bridgehead atoms. The van der Waals surface area contributed by atoms with Crippen LogP contribution in [0.4, 0.5) is 0 Å². The largest absolute Gasteiger partial charge is 0.460 e. The van der Waals surface area contributed by atoms with Gasteiger partial charge in [0.05, 0.1) is 24.9 Å². The highest BCUT2D eigenvalue weighted by atomic mass is 16.7. The third kappa shape index (κ3) is 4.50. The first-order valence-corrected chi connectivity index (χ1v) is 10.3. The summed E-state index contributed by atoms with van der Waals surface area (Å²) in [5.41, 5.74) is 0. The molecule has 0 unspecified atom stereocenters. The van der Waals surface area contributed by atoms with Crippen LogP contribution >= 0.6 is 0 Å². The summed E-state index contributed by atoms with van der Waals surface area (Å²) in [6, 6.07) is 0. The molecular weight excluding hydrogens is 384 g/mol. The van der Waals surface area contributed by atoms with Gasteiger partial charge in [0, 0.05) is 32.8 Å². The molecule has 0 saturated carbocycles. The number of hydrogen-bond donors (Lipinski definition) is 1. The number of esters is 1. The van der Waals surface area contributed by atoms with Crippen LogP contribution in [-0.2, 0) is 38.0 Å². The van der Waals surface area contributed by atoms with Gasteiger partial charge in [-0.3, -0.25) is 9.59 Å². The Hall–Kier alpha value is -1.10. The molecule has 0 aromatic carbocycles. The van der Waals surface area contributed by atoms with E-state index >= 15 is 0 Å². The van der Waals surface area contributed by atoms with Crippen molar-refractivity contribution >= 4 is 11.8 Å². The quantitative estimate of drug-likeness (QED) is 0.672. The molecule has 7 atom stereocenters. The van der Waals surface area contributed by atoms with Crippen molar-refractivity contribution in [1.29, 1.82) is 0 Å². The number of fused-ring (bicyclic) bond motifs is 2. The molecule has 9 heteroatoms. The van der Waals surface area contributed by atoms with Crippen molar-refractivity contribution in [1.82, 2.24) is 0 Å². The minimum absolute atomic E-state index is 0.0958. The number of ketones is 1. The maximum atomic E-state index is 12.7. The van der Waals surface area contributed by atoms with Gasteiger partial charge in [-0.25, -0.2) is 0 Å². The van der Waals surface area contributed by atoms with Crippen molar-refractivity contribution in [3.8, 4) is 0 Å². The minimum atomic E-state index is -1.99. The van der Waals surface area contributed by atoms with Crippen LogP contribution in [0.5, 0.6) is 0 Å². The fraction of sp³-hybridized carbons (Fsp3) is 0.900. The predicted molar refractivity (Wildman–Crippen MR) is 96.8 cm³/mol. The highest BCUT2D eigenvalue weighted by Gasteiger charge is 2.53. The zero-order chi connectivity index (χ0) is 20.8. The van der Waals surface area contributed by atoms with Crippen molar-refractivity contribution in [2.24, 2.45) is 0 Å². The van der Waals surface area contributed by atoms with Gasteiger partial charge in [0.1, 0.15) is 18.3 Å². The highest BCUT2D eigenvalue weighted by Crippen LogP contribution is 2.39. The van der Waals surface area contributed by atoms with Gasteiger partial charge in [0.15, 0.2) is 11.6 Å². The summed E-state index contributed by atoms with van der Waals surface area (Å²) in [6.45, 7) is 5.85. The molecule has 4 saturated heterocycles. The lowest BCUT2D eigenvalue weighted by Gasteiger charge is -2.49. The Labute approximate surface area is 169 Å². The summed E-state index contributed by atoms with van der Waals surface area (Å²) >= 11 is 0. The molecule has 29 heavy (non-hydrogen) atoms. The number of carbonyl (C=O) groups excluding carboxylic acids is 2. The van der Waals surface area contributed by atoms with E-state index in [0.717, 1.165) is 12.8 Å². The zero-order valence-corrected chi connectivity index (χ0v) is 17.1. The first-order chi connectivity index (χ1) is 13.7. The van der Waals surface area contributed by atoms with Crippen LogP contribution in [0.3, 0.4) is 0 Å². The van der Waals surface area contributed by atoms with Gasteiger partial charge < -0.3 is 33.5 Å². The lowest BCUT2D eigenvalue weighted by Crippen LogP contribution is -2.62. The third-order valence-electron chi connectivity index (χ3n) is 6.02. The number of rotatable bonds is 3. The Bertz CT molecular complexity index is 650. The molecule has 0 aromatic heterocycles. The second-order valence-electron chi connectivity index (χ2n) is 8.79. The second kappa shape index (κ2) is 7.86. The van der Waals surface area contributed by atoms with Gasteiger partial charge in [-0.1, -0.05) is 0 Å². The molecule has 4 aliphatic heterocycles. The fourth-order valence-electron chi connectivity index (χ4n) is 4.63. The first-order valence-electron chi connectivity index (χ1n) is 10.3. The number of carbonyl (C=O) groups is 2. The number of Topliss-reactive ketones (excluding diaryl/α,β-unsaturated/α-hetero) is 1. The van der Waals surface area contributed by atoms with Crippen LogP contribution in [0.1, 0.15) is 52.9 Å². The maximum Gasteiger partial charge on any atom is 0.302 e. The van der Waals surface area contributed by atoms with Crippen LogP contribution in [0.2, 0.25) is 0 Å². The molecular formula is C20H30O9. The zero-order valence-electron chi connectivity index (χ0n) is 17.1. The lowest BCUT2D eigenvalue weighted by molar-refractivity contribution is -0.344. The highest BCUT2D eigenvalue weighted by molar-refractivity contribution is 5.86. The molecule has 0 aromatic rings. The monoisotopic (exact) mass is 414 g/mol. The van der Waals surface area contributed by atoms with E-state index in [1.54, 1.807) is 0 Å². The Balaban J connectivity index is 1.49. The van der Waals surface area contributed by atoms with Gasteiger partial charge in [-0.15, -0.1) is 0 Å². The van der Waals surface area contributed by atoms with E-state index in [1.807, 2.05) is 13.8 Å². The van der Waals surface area contributed by atoms with E-state index < -0.39 is 35.5 Å². The van der Waals surface area contributed by atoms with Crippen LogP contribution in [-0.4, -0.2) is 78.3 Å². The third-order valence-corrected chi connectivity index (χ3v) is 6.02. The van der Waals surface area contributed by atoms with Crippen LogP contribution in [0.15, 0.2) is 0 Å². The molecule has 9 nitrogen and oxygen atoms in total. The van der Waals surface area contributed by atoms with Crippen LogP contribution in [0, 0.1) is 0 Å². The average molecular weight is 414 g/mol. The Morgan fingerprint density at radius 3 is 2.76 bits per heavy atom. The molecule has 0 aliphatic carbocycles. The normalized spacial score (nSPS) is 44.5. The summed E-state index contributed by atoms with van der Waals surface area (Å²) in [5, 5.41) is 11.1. The standard InChI is InChI=1S/C20H30O9/c1-11(21)26-14-7-15-17(10-25-19(2,3)28-15)27-16(14)9-20(23)18(22)8-13-12(29-20)5-4-6-24-13/h12-17,23H,4-10H2,1-3H3/t12-,13+,14+,15-,16-,17+,20+/m0/s1. The van der Waals surface area contributed by atoms with Crippen LogP contribution in [0.25, 0.3) is 0 Å². The number of ether oxygens (including phenoxy) is 6. The lowest BCUT2D eigenvalue weighted by atomic mass is 9.87. The van der Waals surface area contributed by atoms with Crippen molar-refractivity contribution in [2.75, 3.05) is 13.2 Å². The summed E-state index contributed by atoms with van der Waals surface area (Å²) < 4.78 is 34.6. The first kappa shape index (κ1) is 21.1. The molecule has 0 spiro atoms. The topological polar surface area (TPSA) is 110 Å². The minimum Gasteiger partial charge on any atom is -0.460 e. The van der Waals surface area contributed by atoms with Gasteiger partial charge in [0.25, 0.3) is 0 Å². The fourth-order valence-corrected chi connectivity index (χ4v) is 4.63. The van der Waals surface area contributed by atoms with E-state index in [2.05, 4.69) is 0 Å². The smallest absolute Gasteiger partial charge is 0.302 e. The number of aliphatic hydroxyl groups is 1. The maximum absolute atomic E-state index is 12.7. The SMILES string of the molecule is CC(=O)O[C@@H]1C[C@@H]2OC(C)(C)OC[C@H]2O[C@H]1C[C@@]1(O)O[C@H]2CCCO[C@@H]2CC1=O. The Morgan fingerprint density at radius 1 is 1.21 bits per heavy atom. The molecule has 0 radical (unpaired) electrons. The van der Waals surface area contributed by atoms with E-state index in [-0.39, 0.29) is 37.3 Å². The van der Waals surface area contributed by atoms with E-state index in [4.69, 9.17) is 28.4 Å². The molecule has 4 aliphatic rings. The van der Waals surface area contributed by atoms with Crippen molar-refractivity contribution in [3.05, 3.63) is 0 Å². The summed E-state index contributed by atoms with van der Waals surface area (Å²) in [6.07, 6.45) is -0.833. The molecule has 4 heterocycles. The molecule has 1 N–H and O–H groups in total. The molecule has 4 rings (SSSR count). The van der Waals surface area contributed by atoms with Crippen LogP contribution < -0.4 is 0 Å². The van der Waals surface area contributed by atoms with Crippen molar-refractivity contribution < 1.29 is 43.1 Å². The second-order valence-corrected chi connectivity index (χ2v) is 8.79. The molecule has 164 valence electrons. The van der Waals surface area contributed by atoms with Gasteiger partial charge in [-0.2, -0.15) is 0 Å². The van der Waals surface area contributed by atoms with Gasteiger partial charge >= 0.3 is 5.97 Å². The van der Waals surface area contributed by atoms with Gasteiger partial charge in [-0.05, 0) is 26.7 Å². The molecule has 4 fully saturated rings. The van der Waals surface area contributed by atoms with Crippen molar-refractivity contribution in [3.63, 3.8) is 0 Å². The summed E-state index contributed by atoms with van der Waals surface area (Å²) in [4.78, 5) is 24.3. The van der Waals surface area contributed by atoms with E-state index in [0.29, 0.717) is 19.6 Å². The van der Waals surface area contributed by atoms with E-state index in [1.165, 1.54) is 6.92 Å². The predicted octanol–water partition coefficient (Wildman–Crippen LogP) is 0.843. The summed E-state index contributed by atoms with van der Waals surface area (Å²) in [5.74, 6) is -3.65. The summed E-state index contributed by atoms with van der Waals surface area (Å²) in [7, 11) is 0. The molecule has 0 amide bonds.